The van der Waals surface area contributed by atoms with Crippen LogP contribution >= 0.6 is 46.8 Å². The summed E-state index contributed by atoms with van der Waals surface area (Å²) in [6.07, 6.45) is 1.38. The van der Waals surface area contributed by atoms with E-state index in [1.54, 1.807) is 6.92 Å². The number of hydrogen-bond donors (Lipinski definition) is 1. The van der Waals surface area contributed by atoms with Crippen LogP contribution < -0.4 is 5.73 Å². The van der Waals surface area contributed by atoms with E-state index in [0.717, 1.165) is 11.9 Å². The minimum absolute atomic E-state index is 0.223. The summed E-state index contributed by atoms with van der Waals surface area (Å²) < 4.78 is -0.220. The molecule has 0 saturated carbocycles. The second-order valence-corrected chi connectivity index (χ2v) is 6.55. The Kier molecular flexibility index (Phi) is 3.58. The van der Waals surface area contributed by atoms with Crippen LogP contribution in [-0.2, 0) is 0 Å². The van der Waals surface area contributed by atoms with Crippen molar-refractivity contribution in [3.8, 4) is 0 Å². The molecular weight excluding hydrogens is 269 g/mol. The van der Waals surface area contributed by atoms with Crippen LogP contribution in [0.4, 0.5) is 0 Å². The van der Waals surface area contributed by atoms with Gasteiger partial charge in [0.05, 0.1) is 5.69 Å². The van der Waals surface area contributed by atoms with E-state index in [-0.39, 0.29) is 5.69 Å². The van der Waals surface area contributed by atoms with Gasteiger partial charge in [0.25, 0.3) is 9.03 Å². The van der Waals surface area contributed by atoms with Gasteiger partial charge in [0.15, 0.2) is 0 Å². The van der Waals surface area contributed by atoms with E-state index in [0.29, 0.717) is 5.69 Å². The van der Waals surface area contributed by atoms with E-state index >= 15 is 0 Å². The first-order valence-electron chi connectivity index (χ1n) is 3.41. The lowest BCUT2D eigenvalue weighted by atomic mass is 10.3. The fourth-order valence-electron chi connectivity index (χ4n) is 0.885. The van der Waals surface area contributed by atoms with Crippen LogP contribution in [-0.4, -0.2) is 18.0 Å². The fraction of sp³-hybridized carbons (Fsp3) is 0.333. The number of halogens is 3. The van der Waals surface area contributed by atoms with Gasteiger partial charge < -0.3 is 5.73 Å². The SMILES string of the molecule is Cc1ncn(SC(Cl)(Cl)Cl)c1C(N)=O. The number of rotatable bonds is 2. The lowest BCUT2D eigenvalue weighted by molar-refractivity contribution is 0.0994. The standard InChI is InChI=1S/C6H6Cl3N3OS/c1-3-4(5(10)13)12(2-11-3)14-6(7,8)9/h2H,1H3,(H2,10,13). The molecular formula is C6H6Cl3N3OS. The number of aryl methyl sites for hydroxylation is 1. The van der Waals surface area contributed by atoms with Gasteiger partial charge in [-0.3, -0.25) is 8.77 Å². The lowest BCUT2D eigenvalue weighted by Gasteiger charge is -2.11. The third-order valence-electron chi connectivity index (χ3n) is 1.35. The van der Waals surface area contributed by atoms with Crippen LogP contribution in [0.1, 0.15) is 16.2 Å². The second kappa shape index (κ2) is 4.18. The Morgan fingerprint density at radius 1 is 1.64 bits per heavy atom. The van der Waals surface area contributed by atoms with Crippen LogP contribution in [0, 0.1) is 6.92 Å². The quantitative estimate of drug-likeness (QED) is 0.840. The molecule has 0 spiro atoms. The molecule has 0 aliphatic rings. The Labute approximate surface area is 99.8 Å². The van der Waals surface area contributed by atoms with Crippen molar-refractivity contribution < 1.29 is 4.79 Å². The van der Waals surface area contributed by atoms with E-state index < -0.39 is 9.03 Å². The molecule has 0 radical (unpaired) electrons. The Morgan fingerprint density at radius 3 is 2.64 bits per heavy atom. The molecule has 1 rings (SSSR count). The normalized spacial score (nSPS) is 11.7. The average Bonchev–Trinajstić information content (AvgIpc) is 2.27. The molecule has 0 aliphatic carbocycles. The van der Waals surface area contributed by atoms with Gasteiger partial charge in [-0.2, -0.15) is 0 Å². The zero-order valence-electron chi connectivity index (χ0n) is 7.00. The largest absolute Gasteiger partial charge is 0.364 e. The third-order valence-corrected chi connectivity index (χ3v) is 2.66. The van der Waals surface area contributed by atoms with Gasteiger partial charge in [-0.15, -0.1) is 0 Å². The van der Waals surface area contributed by atoms with E-state index in [4.69, 9.17) is 40.5 Å². The minimum atomic E-state index is -1.56. The highest BCUT2D eigenvalue weighted by molar-refractivity contribution is 8.03. The number of nitrogens with zero attached hydrogens (tertiary/aromatic N) is 2. The smallest absolute Gasteiger partial charge is 0.268 e. The third kappa shape index (κ3) is 2.95. The fourth-order valence-corrected chi connectivity index (χ4v) is 2.18. The Hall–Kier alpha value is -0.100. The van der Waals surface area contributed by atoms with Gasteiger partial charge in [0, 0.05) is 11.9 Å². The lowest BCUT2D eigenvalue weighted by Crippen LogP contribution is -2.17. The molecule has 1 amide bonds. The predicted molar refractivity (Wildman–Crippen MR) is 58.8 cm³/mol. The number of carbonyl (C=O) groups excluding carboxylic acids is 1. The van der Waals surface area contributed by atoms with Crippen molar-refractivity contribution in [1.29, 1.82) is 0 Å². The van der Waals surface area contributed by atoms with Crippen molar-refractivity contribution in [2.75, 3.05) is 0 Å². The van der Waals surface area contributed by atoms with Crippen molar-refractivity contribution in [3.05, 3.63) is 17.7 Å². The maximum Gasteiger partial charge on any atom is 0.268 e. The van der Waals surface area contributed by atoms with Crippen LogP contribution in [0.25, 0.3) is 0 Å². The summed E-state index contributed by atoms with van der Waals surface area (Å²) in [5.74, 6) is -0.609. The summed E-state index contributed by atoms with van der Waals surface area (Å²) in [4.78, 5) is 14.9. The molecule has 0 unspecified atom stereocenters. The molecule has 0 bridgehead atoms. The number of aromatic nitrogens is 2. The Morgan fingerprint density at radius 2 is 2.21 bits per heavy atom. The van der Waals surface area contributed by atoms with Crippen LogP contribution in [0.15, 0.2) is 6.33 Å². The molecule has 0 aromatic carbocycles. The van der Waals surface area contributed by atoms with Crippen molar-refractivity contribution in [1.82, 2.24) is 8.96 Å². The van der Waals surface area contributed by atoms with Gasteiger partial charge in [-0.1, -0.05) is 34.8 Å². The van der Waals surface area contributed by atoms with Crippen molar-refractivity contribution in [2.24, 2.45) is 5.73 Å². The van der Waals surface area contributed by atoms with Gasteiger partial charge in [-0.25, -0.2) is 4.98 Å². The van der Waals surface area contributed by atoms with Crippen LogP contribution in [0.3, 0.4) is 0 Å². The zero-order chi connectivity index (χ0) is 10.9. The van der Waals surface area contributed by atoms with E-state index in [9.17, 15) is 4.79 Å². The van der Waals surface area contributed by atoms with E-state index in [1.807, 2.05) is 0 Å². The maximum atomic E-state index is 11.0. The number of hydrogen-bond acceptors (Lipinski definition) is 3. The number of imidazole rings is 1. The summed E-state index contributed by atoms with van der Waals surface area (Å²) in [6, 6.07) is 0. The molecule has 14 heavy (non-hydrogen) atoms. The Balaban J connectivity index is 3.04. The van der Waals surface area contributed by atoms with Gasteiger partial charge in [0.1, 0.15) is 12.0 Å². The molecule has 1 aromatic heterocycles. The molecule has 78 valence electrons. The first-order chi connectivity index (χ1) is 6.31. The molecule has 2 N–H and O–H groups in total. The van der Waals surface area contributed by atoms with Gasteiger partial charge in [0.2, 0.25) is 0 Å². The van der Waals surface area contributed by atoms with E-state index in [1.165, 1.54) is 10.3 Å². The maximum absolute atomic E-state index is 11.0. The second-order valence-electron chi connectivity index (χ2n) is 2.41. The molecule has 1 aromatic rings. The topological polar surface area (TPSA) is 60.9 Å². The van der Waals surface area contributed by atoms with E-state index in [2.05, 4.69) is 4.98 Å². The number of nitrogens with two attached hydrogens (primary N) is 1. The first-order valence-corrected chi connectivity index (χ1v) is 5.32. The van der Waals surface area contributed by atoms with Crippen LogP contribution in [0.2, 0.25) is 0 Å². The molecule has 0 atom stereocenters. The number of carbonyl (C=O) groups is 1. The molecule has 1 heterocycles. The molecule has 8 heteroatoms. The number of primary amides is 1. The summed E-state index contributed by atoms with van der Waals surface area (Å²) in [5.41, 5.74) is 5.86. The summed E-state index contributed by atoms with van der Waals surface area (Å²) in [6.45, 7) is 1.65. The highest BCUT2D eigenvalue weighted by Crippen LogP contribution is 2.40. The highest BCUT2D eigenvalue weighted by Gasteiger charge is 2.25. The summed E-state index contributed by atoms with van der Waals surface area (Å²) in [5, 5.41) is 0. The van der Waals surface area contributed by atoms with Crippen molar-refractivity contribution in [2.45, 2.75) is 10.0 Å². The molecule has 0 saturated heterocycles. The summed E-state index contributed by atoms with van der Waals surface area (Å²) in [7, 11) is 0. The van der Waals surface area contributed by atoms with Crippen molar-refractivity contribution >= 4 is 52.7 Å². The highest BCUT2D eigenvalue weighted by atomic mass is 35.6. The van der Waals surface area contributed by atoms with Gasteiger partial charge in [-0.05, 0) is 6.92 Å². The summed E-state index contributed by atoms with van der Waals surface area (Å²) >= 11 is 17.5. The number of amides is 1. The number of alkyl halides is 3. The Bertz CT molecular complexity index is 360. The zero-order valence-corrected chi connectivity index (χ0v) is 10.1. The first kappa shape index (κ1) is 12.0. The average molecular weight is 275 g/mol. The molecule has 0 fully saturated rings. The minimum Gasteiger partial charge on any atom is -0.364 e. The molecule has 4 nitrogen and oxygen atoms in total. The monoisotopic (exact) mass is 273 g/mol. The van der Waals surface area contributed by atoms with Gasteiger partial charge >= 0.3 is 0 Å². The van der Waals surface area contributed by atoms with Crippen molar-refractivity contribution in [3.63, 3.8) is 0 Å². The molecule has 0 aliphatic heterocycles. The predicted octanol–water partition coefficient (Wildman–Crippen LogP) is 2.11. The van der Waals surface area contributed by atoms with Crippen LogP contribution in [0.5, 0.6) is 0 Å².